The Hall–Kier alpha value is -3.40. The number of halogens is 3. The Labute approximate surface area is 218 Å². The second-order valence-electron chi connectivity index (χ2n) is 10.7. The van der Waals surface area contributed by atoms with E-state index in [-0.39, 0.29) is 11.4 Å². The number of rotatable bonds is 6. The zero-order valence-electron chi connectivity index (χ0n) is 21.4. The fourth-order valence-electron chi connectivity index (χ4n) is 5.97. The molecule has 1 atom stereocenters. The normalized spacial score (nSPS) is 18.1. The van der Waals surface area contributed by atoms with E-state index in [9.17, 15) is 18.0 Å². The van der Waals surface area contributed by atoms with Gasteiger partial charge in [-0.05, 0) is 74.0 Å². The quantitative estimate of drug-likeness (QED) is 0.350. The lowest BCUT2D eigenvalue weighted by molar-refractivity contribution is -0.136. The highest BCUT2D eigenvalue weighted by Crippen LogP contribution is 2.43. The lowest BCUT2D eigenvalue weighted by atomic mass is 9.72. The Morgan fingerprint density at radius 3 is 2.50 bits per heavy atom. The fourth-order valence-corrected chi connectivity index (χ4v) is 5.97. The molecule has 1 aromatic carbocycles. The van der Waals surface area contributed by atoms with Gasteiger partial charge >= 0.3 is 11.9 Å². The summed E-state index contributed by atoms with van der Waals surface area (Å²) in [7, 11) is 1.91. The molecule has 1 aliphatic heterocycles. The average molecular weight is 525 g/mol. The molecule has 1 aliphatic carbocycles. The summed E-state index contributed by atoms with van der Waals surface area (Å²) < 4.78 is 46.9. The van der Waals surface area contributed by atoms with Gasteiger partial charge in [-0.25, -0.2) is 4.79 Å². The van der Waals surface area contributed by atoms with Gasteiger partial charge in [-0.2, -0.15) is 13.2 Å². The molecule has 200 valence electrons. The van der Waals surface area contributed by atoms with Crippen LogP contribution in [0.3, 0.4) is 0 Å². The molecule has 4 aromatic rings. The second kappa shape index (κ2) is 9.72. The van der Waals surface area contributed by atoms with Crippen molar-refractivity contribution >= 4 is 5.52 Å². The highest BCUT2D eigenvalue weighted by atomic mass is 19.4. The Kier molecular flexibility index (Phi) is 6.37. The van der Waals surface area contributed by atoms with E-state index in [2.05, 4.69) is 15.1 Å². The number of imidazole rings is 1. The van der Waals surface area contributed by atoms with E-state index in [0.29, 0.717) is 23.7 Å². The van der Waals surface area contributed by atoms with Crippen LogP contribution in [0.1, 0.15) is 67.0 Å². The molecule has 2 aliphatic rings. The number of hydrogen-bond donors (Lipinski definition) is 0. The van der Waals surface area contributed by atoms with Crippen molar-refractivity contribution in [2.24, 2.45) is 13.0 Å². The summed E-state index contributed by atoms with van der Waals surface area (Å²) in [6, 6.07) is 8.72. The SMILES string of the molecule is Cn1cnnc1C(c1cccc(-n2cc3c(C(F)(F)F)cc(CN4CCCCC4)cn3c2=O)c1)C1CCC1. The van der Waals surface area contributed by atoms with Crippen molar-refractivity contribution < 1.29 is 13.2 Å². The van der Waals surface area contributed by atoms with Crippen molar-refractivity contribution in [2.75, 3.05) is 13.1 Å². The molecule has 0 bridgehead atoms. The van der Waals surface area contributed by atoms with Gasteiger partial charge < -0.3 is 4.57 Å². The number of alkyl halides is 3. The highest BCUT2D eigenvalue weighted by molar-refractivity contribution is 5.58. The molecule has 1 unspecified atom stereocenters. The van der Waals surface area contributed by atoms with Gasteiger partial charge in [-0.15, -0.1) is 10.2 Å². The number of hydrogen-bond acceptors (Lipinski definition) is 4. The largest absolute Gasteiger partial charge is 0.418 e. The van der Waals surface area contributed by atoms with Crippen LogP contribution in [0.4, 0.5) is 13.2 Å². The molecule has 7 nitrogen and oxygen atoms in total. The number of benzene rings is 1. The summed E-state index contributed by atoms with van der Waals surface area (Å²) in [5, 5.41) is 8.42. The highest BCUT2D eigenvalue weighted by Gasteiger charge is 2.35. The monoisotopic (exact) mass is 524 g/mol. The van der Waals surface area contributed by atoms with Gasteiger partial charge in [-0.3, -0.25) is 13.9 Å². The summed E-state index contributed by atoms with van der Waals surface area (Å²) in [6.45, 7) is 2.11. The van der Waals surface area contributed by atoms with Crippen LogP contribution in [-0.2, 0) is 19.8 Å². The van der Waals surface area contributed by atoms with Crippen LogP contribution in [0.5, 0.6) is 0 Å². The van der Waals surface area contributed by atoms with Crippen molar-refractivity contribution in [2.45, 2.75) is 57.2 Å². The summed E-state index contributed by atoms with van der Waals surface area (Å²) in [6.07, 6.45) is 6.51. The first-order valence-corrected chi connectivity index (χ1v) is 13.3. The fraction of sp³-hybridized carbons (Fsp3) is 0.464. The van der Waals surface area contributed by atoms with E-state index in [4.69, 9.17) is 0 Å². The third-order valence-electron chi connectivity index (χ3n) is 8.14. The van der Waals surface area contributed by atoms with Crippen molar-refractivity contribution in [1.29, 1.82) is 0 Å². The van der Waals surface area contributed by atoms with Crippen molar-refractivity contribution in [3.8, 4) is 5.69 Å². The van der Waals surface area contributed by atoms with Crippen LogP contribution in [0.25, 0.3) is 11.2 Å². The first-order chi connectivity index (χ1) is 18.3. The molecule has 1 saturated carbocycles. The molecule has 38 heavy (non-hydrogen) atoms. The summed E-state index contributed by atoms with van der Waals surface area (Å²) in [5.41, 5.74) is 0.569. The minimum Gasteiger partial charge on any atom is -0.320 e. The Morgan fingerprint density at radius 1 is 1.05 bits per heavy atom. The lowest BCUT2D eigenvalue weighted by Crippen LogP contribution is -2.29. The standard InChI is InChI=1S/C28H31F3N6O/c1-34-18-32-33-26(34)25(20-7-5-8-20)21-9-6-10-22(14-21)36-17-24-23(28(29,30)31)13-19(16-37(24)27(36)38)15-35-11-3-2-4-12-35/h6,9-10,13-14,16-18,20,25H,2-5,7-8,11-12,15H2,1H3. The van der Waals surface area contributed by atoms with Crippen LogP contribution in [0.2, 0.25) is 0 Å². The van der Waals surface area contributed by atoms with Crippen LogP contribution in [0.15, 0.2) is 53.8 Å². The third kappa shape index (κ3) is 4.55. The lowest BCUT2D eigenvalue weighted by Gasteiger charge is -2.33. The van der Waals surface area contributed by atoms with E-state index in [1.807, 2.05) is 29.8 Å². The predicted molar refractivity (Wildman–Crippen MR) is 137 cm³/mol. The number of likely N-dealkylation sites (tertiary alicyclic amines) is 1. The maximum atomic E-state index is 14.2. The molecule has 0 spiro atoms. The van der Waals surface area contributed by atoms with Gasteiger partial charge in [0.15, 0.2) is 0 Å². The number of aryl methyl sites for hydroxylation is 1. The topological polar surface area (TPSA) is 60.4 Å². The van der Waals surface area contributed by atoms with Gasteiger partial charge in [0.2, 0.25) is 0 Å². The minimum atomic E-state index is -4.58. The second-order valence-corrected chi connectivity index (χ2v) is 10.7. The third-order valence-corrected chi connectivity index (χ3v) is 8.14. The van der Waals surface area contributed by atoms with Crippen LogP contribution in [0, 0.1) is 5.92 Å². The molecule has 6 rings (SSSR count). The first-order valence-electron chi connectivity index (χ1n) is 13.3. The van der Waals surface area contributed by atoms with Gasteiger partial charge in [0.1, 0.15) is 12.2 Å². The van der Waals surface area contributed by atoms with Gasteiger partial charge in [0, 0.05) is 31.9 Å². The van der Waals surface area contributed by atoms with Crippen LogP contribution >= 0.6 is 0 Å². The molecule has 10 heteroatoms. The van der Waals surface area contributed by atoms with E-state index in [1.165, 1.54) is 16.8 Å². The number of fused-ring (bicyclic) bond motifs is 1. The predicted octanol–water partition coefficient (Wildman–Crippen LogP) is 5.16. The van der Waals surface area contributed by atoms with Crippen molar-refractivity contribution in [3.63, 3.8) is 0 Å². The first kappa shape index (κ1) is 24.9. The van der Waals surface area contributed by atoms with E-state index in [1.54, 1.807) is 18.6 Å². The Morgan fingerprint density at radius 2 is 1.84 bits per heavy atom. The van der Waals surface area contributed by atoms with Gasteiger partial charge in [0.05, 0.1) is 16.8 Å². The zero-order chi connectivity index (χ0) is 26.4. The molecule has 4 heterocycles. The molecule has 3 aromatic heterocycles. The molecule has 0 radical (unpaired) electrons. The smallest absolute Gasteiger partial charge is 0.320 e. The van der Waals surface area contributed by atoms with E-state index >= 15 is 0 Å². The summed E-state index contributed by atoms with van der Waals surface area (Å²) in [5.74, 6) is 1.26. The number of aromatic nitrogens is 5. The van der Waals surface area contributed by atoms with Crippen molar-refractivity contribution in [1.82, 2.24) is 28.6 Å². The molecular formula is C28H31F3N6O. The van der Waals surface area contributed by atoms with Crippen LogP contribution in [-0.4, -0.2) is 41.7 Å². The van der Waals surface area contributed by atoms with Crippen LogP contribution < -0.4 is 5.69 Å². The molecule has 0 amide bonds. The maximum absolute atomic E-state index is 14.2. The molecular weight excluding hydrogens is 493 g/mol. The van der Waals surface area contributed by atoms with E-state index in [0.717, 1.165) is 67.4 Å². The molecule has 0 N–H and O–H groups in total. The molecule has 2 fully saturated rings. The number of nitrogens with zero attached hydrogens (tertiary/aromatic N) is 6. The molecule has 1 saturated heterocycles. The number of pyridine rings is 1. The van der Waals surface area contributed by atoms with E-state index < -0.39 is 17.4 Å². The van der Waals surface area contributed by atoms with Gasteiger partial charge in [0.25, 0.3) is 0 Å². The Bertz CT molecular complexity index is 1510. The average Bonchev–Trinajstić information content (AvgIpc) is 3.44. The Balaban J connectivity index is 1.43. The minimum absolute atomic E-state index is 0.00538. The zero-order valence-corrected chi connectivity index (χ0v) is 21.4. The maximum Gasteiger partial charge on any atom is 0.418 e. The van der Waals surface area contributed by atoms with Crippen molar-refractivity contribution in [3.05, 3.63) is 82.1 Å². The summed E-state index contributed by atoms with van der Waals surface area (Å²) in [4.78, 5) is 15.7. The number of piperidine rings is 1. The van der Waals surface area contributed by atoms with Gasteiger partial charge in [-0.1, -0.05) is 25.0 Å². The summed E-state index contributed by atoms with van der Waals surface area (Å²) >= 11 is 0.